The van der Waals surface area contributed by atoms with Crippen molar-refractivity contribution < 1.29 is 18.7 Å². The van der Waals surface area contributed by atoms with E-state index in [4.69, 9.17) is 27.9 Å². The summed E-state index contributed by atoms with van der Waals surface area (Å²) in [5.41, 5.74) is 2.67. The van der Waals surface area contributed by atoms with Gasteiger partial charge in [-0.1, -0.05) is 35.3 Å². The lowest BCUT2D eigenvalue weighted by molar-refractivity contribution is -0.116. The van der Waals surface area contributed by atoms with Gasteiger partial charge in [0.15, 0.2) is 0 Å². The van der Waals surface area contributed by atoms with Crippen molar-refractivity contribution in [1.29, 1.82) is 0 Å². The molecular weight excluding hydrogens is 466 g/mol. The Bertz CT molecular complexity index is 1110. The van der Waals surface area contributed by atoms with Gasteiger partial charge in [0.1, 0.15) is 5.82 Å². The minimum atomic E-state index is -0.409. The molecule has 8 heteroatoms. The molecule has 0 aliphatic heterocycles. The minimum Gasteiger partial charge on any atom is -0.462 e. The van der Waals surface area contributed by atoms with Crippen LogP contribution in [0.4, 0.5) is 15.8 Å². The molecule has 0 heterocycles. The van der Waals surface area contributed by atoms with Gasteiger partial charge < -0.3 is 15.0 Å². The first kappa shape index (κ1) is 24.6. The molecule has 5 nitrogen and oxygen atoms in total. The van der Waals surface area contributed by atoms with Gasteiger partial charge in [-0.2, -0.15) is 0 Å². The number of nitrogens with one attached hydrogen (secondary N) is 1. The van der Waals surface area contributed by atoms with Crippen molar-refractivity contribution in [2.45, 2.75) is 19.9 Å². The highest BCUT2D eigenvalue weighted by Gasteiger charge is 2.13. The molecule has 1 amide bonds. The Labute approximate surface area is 202 Å². The topological polar surface area (TPSA) is 58.6 Å². The summed E-state index contributed by atoms with van der Waals surface area (Å²) in [7, 11) is 0. The van der Waals surface area contributed by atoms with E-state index in [1.165, 1.54) is 12.1 Å². The first-order chi connectivity index (χ1) is 15.9. The third-order valence-electron chi connectivity index (χ3n) is 4.84. The van der Waals surface area contributed by atoms with E-state index in [0.717, 1.165) is 11.3 Å². The predicted octanol–water partition coefficient (Wildman–Crippen LogP) is 6.34. The molecule has 0 bridgehead atoms. The lowest BCUT2D eigenvalue weighted by Gasteiger charge is -2.25. The summed E-state index contributed by atoms with van der Waals surface area (Å²) in [6.45, 7) is 2.89. The van der Waals surface area contributed by atoms with Gasteiger partial charge >= 0.3 is 5.97 Å². The molecule has 0 spiro atoms. The Hall–Kier alpha value is -3.09. The second-order valence-corrected chi connectivity index (χ2v) is 8.06. The number of halogens is 3. The van der Waals surface area contributed by atoms with Crippen LogP contribution in [-0.2, 0) is 16.1 Å². The highest BCUT2D eigenvalue weighted by molar-refractivity contribution is 6.42. The van der Waals surface area contributed by atoms with Crippen LogP contribution in [0.1, 0.15) is 29.3 Å². The number of hydrogen-bond acceptors (Lipinski definition) is 4. The summed E-state index contributed by atoms with van der Waals surface area (Å²) < 4.78 is 18.2. The second kappa shape index (κ2) is 11.7. The van der Waals surface area contributed by atoms with Crippen molar-refractivity contribution in [3.05, 3.63) is 93.7 Å². The van der Waals surface area contributed by atoms with Crippen LogP contribution in [0.3, 0.4) is 0 Å². The van der Waals surface area contributed by atoms with Crippen LogP contribution in [0.25, 0.3) is 0 Å². The number of hydrogen-bond donors (Lipinski definition) is 1. The van der Waals surface area contributed by atoms with E-state index in [-0.39, 0.29) is 18.1 Å². The summed E-state index contributed by atoms with van der Waals surface area (Å²) in [5.74, 6) is -0.912. The largest absolute Gasteiger partial charge is 0.462 e. The molecule has 1 N–H and O–H groups in total. The fourth-order valence-corrected chi connectivity index (χ4v) is 3.45. The molecule has 0 aliphatic rings. The number of carbonyl (C=O) groups excluding carboxylic acids is 2. The van der Waals surface area contributed by atoms with Crippen molar-refractivity contribution in [2.75, 3.05) is 23.4 Å². The van der Waals surface area contributed by atoms with Crippen LogP contribution in [0.5, 0.6) is 0 Å². The number of benzene rings is 3. The summed E-state index contributed by atoms with van der Waals surface area (Å²) >= 11 is 12.2. The highest BCUT2D eigenvalue weighted by Crippen LogP contribution is 2.28. The maximum atomic E-state index is 13.3. The van der Waals surface area contributed by atoms with Gasteiger partial charge in [0.25, 0.3) is 0 Å². The van der Waals surface area contributed by atoms with Crippen LogP contribution in [-0.4, -0.2) is 25.0 Å². The molecule has 0 aliphatic carbocycles. The fraction of sp³-hybridized carbons (Fsp3) is 0.200. The number of ether oxygens (including phenoxy) is 1. The van der Waals surface area contributed by atoms with Gasteiger partial charge in [-0.15, -0.1) is 0 Å². The molecule has 0 aromatic heterocycles. The summed E-state index contributed by atoms with van der Waals surface area (Å²) in [5, 5.41) is 3.67. The number of amides is 1. The Morgan fingerprint density at radius 3 is 2.30 bits per heavy atom. The van der Waals surface area contributed by atoms with Crippen molar-refractivity contribution in [3.8, 4) is 0 Å². The average molecular weight is 489 g/mol. The third-order valence-corrected chi connectivity index (χ3v) is 5.58. The van der Waals surface area contributed by atoms with Crippen LogP contribution >= 0.6 is 23.2 Å². The monoisotopic (exact) mass is 488 g/mol. The predicted molar refractivity (Wildman–Crippen MR) is 130 cm³/mol. The molecule has 33 heavy (non-hydrogen) atoms. The van der Waals surface area contributed by atoms with Crippen molar-refractivity contribution >= 4 is 46.5 Å². The van der Waals surface area contributed by atoms with Crippen molar-refractivity contribution in [1.82, 2.24) is 0 Å². The van der Waals surface area contributed by atoms with E-state index in [2.05, 4.69) is 5.32 Å². The van der Waals surface area contributed by atoms with E-state index in [0.29, 0.717) is 41.0 Å². The maximum absolute atomic E-state index is 13.3. The zero-order valence-electron chi connectivity index (χ0n) is 18.0. The second-order valence-electron chi connectivity index (χ2n) is 7.24. The molecule has 3 rings (SSSR count). The van der Waals surface area contributed by atoms with E-state index < -0.39 is 5.97 Å². The first-order valence-corrected chi connectivity index (χ1v) is 11.1. The van der Waals surface area contributed by atoms with Crippen molar-refractivity contribution in [3.63, 3.8) is 0 Å². The highest BCUT2D eigenvalue weighted by atomic mass is 35.5. The lowest BCUT2D eigenvalue weighted by atomic mass is 10.1. The zero-order chi connectivity index (χ0) is 23.8. The third kappa shape index (κ3) is 7.20. The number of rotatable bonds is 9. The van der Waals surface area contributed by atoms with E-state index >= 15 is 0 Å². The molecule has 0 radical (unpaired) electrons. The van der Waals surface area contributed by atoms with E-state index in [9.17, 15) is 14.0 Å². The minimum absolute atomic E-state index is 0.192. The Balaban J connectivity index is 1.66. The van der Waals surface area contributed by atoms with Crippen LogP contribution in [0.2, 0.25) is 10.0 Å². The van der Waals surface area contributed by atoms with Crippen LogP contribution in [0, 0.1) is 5.82 Å². The molecule has 0 saturated heterocycles. The van der Waals surface area contributed by atoms with Gasteiger partial charge in [0.2, 0.25) is 5.91 Å². The molecule has 3 aromatic carbocycles. The van der Waals surface area contributed by atoms with Gasteiger partial charge in [0.05, 0.1) is 22.2 Å². The number of carbonyl (C=O) groups is 2. The molecule has 3 aromatic rings. The lowest BCUT2D eigenvalue weighted by Crippen LogP contribution is -2.27. The number of nitrogens with zero attached hydrogens (tertiary/aromatic N) is 1. The van der Waals surface area contributed by atoms with Crippen LogP contribution < -0.4 is 10.2 Å². The molecule has 0 saturated carbocycles. The smallest absolute Gasteiger partial charge is 0.338 e. The van der Waals surface area contributed by atoms with E-state index in [1.54, 1.807) is 55.5 Å². The van der Waals surface area contributed by atoms with Gasteiger partial charge in [-0.25, -0.2) is 9.18 Å². The Kier molecular flexibility index (Phi) is 8.69. The molecule has 0 unspecified atom stereocenters. The SMILES string of the molecule is CCOC(=O)c1ccc(NC(=O)CCN(Cc2ccc(F)cc2)c2ccc(Cl)c(Cl)c2)cc1. The normalized spacial score (nSPS) is 10.5. The number of esters is 1. The van der Waals surface area contributed by atoms with Crippen LogP contribution in [0.15, 0.2) is 66.7 Å². The Morgan fingerprint density at radius 2 is 1.67 bits per heavy atom. The summed E-state index contributed by atoms with van der Waals surface area (Å²) in [6, 6.07) is 18.0. The number of anilines is 2. The van der Waals surface area contributed by atoms with Gasteiger partial charge in [0, 0.05) is 30.9 Å². The first-order valence-electron chi connectivity index (χ1n) is 10.4. The van der Waals surface area contributed by atoms with E-state index in [1.807, 2.05) is 11.0 Å². The summed E-state index contributed by atoms with van der Waals surface area (Å²) in [6.07, 6.45) is 0.196. The molecular formula is C25H23Cl2FN2O3. The molecule has 0 fully saturated rings. The van der Waals surface area contributed by atoms with Gasteiger partial charge in [-0.05, 0) is 67.1 Å². The Morgan fingerprint density at radius 1 is 0.970 bits per heavy atom. The zero-order valence-corrected chi connectivity index (χ0v) is 19.5. The molecule has 0 atom stereocenters. The fourth-order valence-electron chi connectivity index (χ4n) is 3.16. The average Bonchev–Trinajstić information content (AvgIpc) is 2.80. The van der Waals surface area contributed by atoms with Crippen molar-refractivity contribution in [2.24, 2.45) is 0 Å². The maximum Gasteiger partial charge on any atom is 0.338 e. The van der Waals surface area contributed by atoms with Gasteiger partial charge in [-0.3, -0.25) is 4.79 Å². The standard InChI is InChI=1S/C25H23Cl2FN2O3/c1-2-33-25(32)18-5-9-20(10-6-18)29-24(31)13-14-30(16-17-3-7-19(28)8-4-17)21-11-12-22(26)23(27)15-21/h3-12,15H,2,13-14,16H2,1H3,(H,29,31). The quantitative estimate of drug-likeness (QED) is 0.356. The summed E-state index contributed by atoms with van der Waals surface area (Å²) in [4.78, 5) is 26.3. The molecule has 172 valence electrons.